The molecular weight excluding hydrogens is 180 g/mol. The Morgan fingerprint density at radius 2 is 1.47 bits per heavy atom. The molecule has 0 N–H and O–H groups in total. The van der Waals surface area contributed by atoms with Gasteiger partial charge in [0.1, 0.15) is 0 Å². The summed E-state index contributed by atoms with van der Waals surface area (Å²) in [6, 6.07) is 0. The van der Waals surface area contributed by atoms with Gasteiger partial charge in [-0.05, 0) is 22.8 Å². The minimum absolute atomic E-state index is 0.175. The number of hydrogen-bond donors (Lipinski definition) is 0. The molecule has 82 valence electrons. The topological polar surface area (TPSA) is 0 Å². The largest absolute Gasteiger partial charge is 0.0653 e. The molecule has 0 spiro atoms. The lowest BCUT2D eigenvalue weighted by Crippen LogP contribution is -1.96. The van der Waals surface area contributed by atoms with E-state index in [1.165, 1.54) is 5.57 Å². The second kappa shape index (κ2) is 3.29. The molecule has 0 heteroatoms. The van der Waals surface area contributed by atoms with Gasteiger partial charge in [-0.1, -0.05) is 59.9 Å². The van der Waals surface area contributed by atoms with Crippen molar-refractivity contribution in [2.75, 3.05) is 0 Å². The standard InChI is InChI=1S/C15H22/c1-13(2,3)11-9-8-10-12-14(4,5)15(12,6)7/h11H,1-7H3. The zero-order chi connectivity index (χ0) is 11.9. The third-order valence-electron chi connectivity index (χ3n) is 3.51. The van der Waals surface area contributed by atoms with Crippen LogP contribution in [0.2, 0.25) is 0 Å². The molecule has 0 unspecified atom stereocenters. The summed E-state index contributed by atoms with van der Waals surface area (Å²) >= 11 is 0. The van der Waals surface area contributed by atoms with Gasteiger partial charge in [0.25, 0.3) is 0 Å². The van der Waals surface area contributed by atoms with Crippen LogP contribution in [0.3, 0.4) is 0 Å². The van der Waals surface area contributed by atoms with Gasteiger partial charge in [-0.3, -0.25) is 0 Å². The first kappa shape index (κ1) is 12.2. The van der Waals surface area contributed by atoms with E-state index in [1.54, 1.807) is 0 Å². The molecule has 0 amide bonds. The monoisotopic (exact) mass is 202 g/mol. The van der Waals surface area contributed by atoms with E-state index in [9.17, 15) is 0 Å². The van der Waals surface area contributed by atoms with Crippen molar-refractivity contribution in [1.29, 1.82) is 0 Å². The van der Waals surface area contributed by atoms with Gasteiger partial charge in [-0.15, -0.1) is 0 Å². The molecule has 1 saturated carbocycles. The van der Waals surface area contributed by atoms with Crippen LogP contribution in [0.5, 0.6) is 0 Å². The van der Waals surface area contributed by atoms with E-state index < -0.39 is 0 Å². The van der Waals surface area contributed by atoms with Gasteiger partial charge >= 0.3 is 0 Å². The van der Waals surface area contributed by atoms with E-state index in [2.05, 4.69) is 65.7 Å². The first-order valence-corrected chi connectivity index (χ1v) is 5.58. The molecule has 0 bridgehead atoms. The lowest BCUT2D eigenvalue weighted by atomic mass is 9.97. The Balaban J connectivity index is 3.04. The third kappa shape index (κ3) is 2.36. The highest BCUT2D eigenvalue weighted by molar-refractivity contribution is 5.40. The van der Waals surface area contributed by atoms with E-state index in [0.717, 1.165) is 0 Å². The van der Waals surface area contributed by atoms with Crippen LogP contribution < -0.4 is 0 Å². The second-order valence-electron chi connectivity index (χ2n) is 6.53. The van der Waals surface area contributed by atoms with Crippen molar-refractivity contribution < 1.29 is 0 Å². The molecule has 15 heavy (non-hydrogen) atoms. The Hall–Kier alpha value is -0.920. The molecule has 0 heterocycles. The zero-order valence-corrected chi connectivity index (χ0v) is 11.1. The highest BCUT2D eigenvalue weighted by Gasteiger charge is 2.60. The van der Waals surface area contributed by atoms with E-state index in [-0.39, 0.29) is 16.2 Å². The highest BCUT2D eigenvalue weighted by atomic mass is 14.6. The first-order chi connectivity index (χ1) is 6.59. The maximum absolute atomic E-state index is 3.23. The van der Waals surface area contributed by atoms with E-state index in [0.29, 0.717) is 0 Å². The summed E-state index contributed by atoms with van der Waals surface area (Å²) in [7, 11) is 0. The molecule has 1 aliphatic rings. The maximum Gasteiger partial charge on any atom is 0.00384 e. The Morgan fingerprint density at radius 3 is 1.80 bits per heavy atom. The molecule has 0 atom stereocenters. The molecule has 0 saturated heterocycles. The van der Waals surface area contributed by atoms with Crippen LogP contribution in [0.4, 0.5) is 0 Å². The Labute approximate surface area is 94.1 Å². The molecule has 0 radical (unpaired) electrons. The fourth-order valence-corrected chi connectivity index (χ4v) is 1.69. The van der Waals surface area contributed by atoms with Crippen molar-refractivity contribution in [3.63, 3.8) is 0 Å². The first-order valence-electron chi connectivity index (χ1n) is 5.58. The van der Waals surface area contributed by atoms with Gasteiger partial charge in [-0.25, -0.2) is 0 Å². The van der Waals surface area contributed by atoms with Gasteiger partial charge in [0.15, 0.2) is 0 Å². The predicted octanol–water partition coefficient (Wildman–Crippen LogP) is 4.49. The van der Waals surface area contributed by atoms with Crippen molar-refractivity contribution in [2.45, 2.75) is 48.5 Å². The van der Waals surface area contributed by atoms with Crippen LogP contribution >= 0.6 is 0 Å². The smallest absolute Gasteiger partial charge is 0.00384 e. The number of rotatable bonds is 0. The van der Waals surface area contributed by atoms with Gasteiger partial charge in [0.2, 0.25) is 0 Å². The predicted molar refractivity (Wildman–Crippen MR) is 65.6 cm³/mol. The van der Waals surface area contributed by atoms with Crippen LogP contribution in [0, 0.1) is 16.2 Å². The molecule has 0 aliphatic heterocycles. The summed E-state index contributed by atoms with van der Waals surface area (Å²) in [6.07, 6.45) is 2.03. The van der Waals surface area contributed by atoms with Crippen molar-refractivity contribution in [2.24, 2.45) is 16.2 Å². The Morgan fingerprint density at radius 1 is 1.00 bits per heavy atom. The number of allylic oxidation sites excluding steroid dienone is 2. The van der Waals surface area contributed by atoms with Crippen LogP contribution in [0.1, 0.15) is 48.5 Å². The maximum atomic E-state index is 3.23. The zero-order valence-electron chi connectivity index (χ0n) is 11.1. The van der Waals surface area contributed by atoms with E-state index in [4.69, 9.17) is 0 Å². The average molecular weight is 202 g/mol. The summed E-state index contributed by atoms with van der Waals surface area (Å²) < 4.78 is 0. The van der Waals surface area contributed by atoms with E-state index >= 15 is 0 Å². The van der Waals surface area contributed by atoms with Gasteiger partial charge in [-0.2, -0.15) is 0 Å². The summed E-state index contributed by atoms with van der Waals surface area (Å²) in [5, 5.41) is 0. The molecule has 0 aromatic heterocycles. The van der Waals surface area contributed by atoms with Crippen molar-refractivity contribution in [3.05, 3.63) is 28.8 Å². The van der Waals surface area contributed by atoms with Crippen LogP contribution in [0.25, 0.3) is 0 Å². The van der Waals surface area contributed by atoms with Crippen LogP contribution in [-0.4, -0.2) is 0 Å². The number of hydrogen-bond acceptors (Lipinski definition) is 0. The quantitative estimate of drug-likeness (QED) is 0.508. The fourth-order valence-electron chi connectivity index (χ4n) is 1.69. The molecule has 0 aromatic carbocycles. The summed E-state index contributed by atoms with van der Waals surface area (Å²) in [6.45, 7) is 15.5. The van der Waals surface area contributed by atoms with E-state index in [1.807, 2.05) is 6.08 Å². The molecule has 1 aliphatic carbocycles. The van der Waals surface area contributed by atoms with Crippen molar-refractivity contribution in [3.8, 4) is 0 Å². The van der Waals surface area contributed by atoms with Crippen molar-refractivity contribution >= 4 is 0 Å². The van der Waals surface area contributed by atoms with Crippen molar-refractivity contribution in [1.82, 2.24) is 0 Å². The minimum Gasteiger partial charge on any atom is -0.0653 e. The van der Waals surface area contributed by atoms with Gasteiger partial charge in [0, 0.05) is 10.8 Å². The molecule has 1 fully saturated rings. The summed E-state index contributed by atoms with van der Waals surface area (Å²) in [5.41, 5.74) is 11.4. The second-order valence-corrected chi connectivity index (χ2v) is 6.53. The third-order valence-corrected chi connectivity index (χ3v) is 3.51. The van der Waals surface area contributed by atoms with Crippen LogP contribution in [-0.2, 0) is 0 Å². The lowest BCUT2D eigenvalue weighted by Gasteiger charge is -2.07. The van der Waals surface area contributed by atoms with Gasteiger partial charge in [0.05, 0.1) is 0 Å². The molecule has 1 rings (SSSR count). The summed E-state index contributed by atoms with van der Waals surface area (Å²) in [5.74, 6) is 0. The normalized spacial score (nSPS) is 21.1. The molecule has 0 aromatic rings. The average Bonchev–Trinajstić information content (AvgIpc) is 2.36. The Bertz CT molecular complexity index is 376. The minimum atomic E-state index is 0.175. The van der Waals surface area contributed by atoms with Crippen LogP contribution in [0.15, 0.2) is 28.8 Å². The SMILES string of the molecule is CC(C)(C)C=C=C=C=C1C(C)(C)C1(C)C. The molecular formula is C15H22. The van der Waals surface area contributed by atoms with Gasteiger partial charge < -0.3 is 0 Å². The Kier molecular flexibility index (Phi) is 2.67. The fraction of sp³-hybridized carbons (Fsp3) is 0.667. The highest BCUT2D eigenvalue weighted by Crippen LogP contribution is 2.67. The lowest BCUT2D eigenvalue weighted by molar-refractivity contribution is 0.457. The summed E-state index contributed by atoms with van der Waals surface area (Å²) in [4.78, 5) is 0. The molecule has 0 nitrogen and oxygen atoms in total.